The smallest absolute Gasteiger partial charge is 0.207 e. The van der Waals surface area contributed by atoms with Crippen molar-refractivity contribution in [1.82, 2.24) is 9.55 Å². The molecule has 1 saturated carbocycles. The highest BCUT2D eigenvalue weighted by molar-refractivity contribution is 5.55. The largest absolute Gasteiger partial charge is 0.323 e. The first-order valence-corrected chi connectivity index (χ1v) is 6.01. The lowest BCUT2D eigenvalue weighted by atomic mass is 10.3. The van der Waals surface area contributed by atoms with Crippen LogP contribution in [0.25, 0.3) is 0 Å². The van der Waals surface area contributed by atoms with Gasteiger partial charge in [-0.3, -0.25) is 0 Å². The molecule has 1 aromatic heterocycles. The SMILES string of the molecule is Cc1cn(C2CC2)c(Nc2cc(F)c(F)cc2F)n1. The Balaban J connectivity index is 1.95. The maximum atomic E-state index is 13.6. The zero-order valence-corrected chi connectivity index (χ0v) is 10.3. The molecule has 3 nitrogen and oxygen atoms in total. The average molecular weight is 267 g/mol. The number of halogens is 3. The molecule has 19 heavy (non-hydrogen) atoms. The van der Waals surface area contributed by atoms with Crippen LogP contribution in [0.4, 0.5) is 24.8 Å². The maximum absolute atomic E-state index is 13.6. The predicted molar refractivity (Wildman–Crippen MR) is 64.8 cm³/mol. The van der Waals surface area contributed by atoms with Crippen molar-refractivity contribution in [1.29, 1.82) is 0 Å². The van der Waals surface area contributed by atoms with Crippen molar-refractivity contribution in [3.63, 3.8) is 0 Å². The highest BCUT2D eigenvalue weighted by atomic mass is 19.2. The van der Waals surface area contributed by atoms with E-state index in [0.29, 0.717) is 18.1 Å². The van der Waals surface area contributed by atoms with Gasteiger partial charge in [-0.05, 0) is 19.8 Å². The van der Waals surface area contributed by atoms with Crippen LogP contribution in [0.1, 0.15) is 24.6 Å². The molecule has 0 atom stereocenters. The number of benzene rings is 1. The molecule has 1 heterocycles. The molecule has 0 spiro atoms. The molecule has 1 aromatic carbocycles. The third-order valence-electron chi connectivity index (χ3n) is 3.05. The minimum Gasteiger partial charge on any atom is -0.323 e. The van der Waals surface area contributed by atoms with Crippen LogP contribution < -0.4 is 5.32 Å². The minimum atomic E-state index is -1.20. The number of imidazole rings is 1. The van der Waals surface area contributed by atoms with Gasteiger partial charge < -0.3 is 9.88 Å². The van der Waals surface area contributed by atoms with E-state index in [-0.39, 0.29) is 5.69 Å². The molecule has 0 bridgehead atoms. The topological polar surface area (TPSA) is 29.9 Å². The van der Waals surface area contributed by atoms with Gasteiger partial charge in [-0.25, -0.2) is 18.2 Å². The zero-order valence-electron chi connectivity index (χ0n) is 10.3. The van der Waals surface area contributed by atoms with Crippen LogP contribution in [0.3, 0.4) is 0 Å². The molecule has 1 fully saturated rings. The van der Waals surface area contributed by atoms with E-state index in [9.17, 15) is 13.2 Å². The van der Waals surface area contributed by atoms with Crippen molar-refractivity contribution in [2.24, 2.45) is 0 Å². The molecule has 6 heteroatoms. The van der Waals surface area contributed by atoms with Gasteiger partial charge >= 0.3 is 0 Å². The fourth-order valence-electron chi connectivity index (χ4n) is 1.98. The summed E-state index contributed by atoms with van der Waals surface area (Å²) in [7, 11) is 0. The first-order chi connectivity index (χ1) is 9.04. The fourth-order valence-corrected chi connectivity index (χ4v) is 1.98. The van der Waals surface area contributed by atoms with Gasteiger partial charge in [-0.15, -0.1) is 0 Å². The van der Waals surface area contributed by atoms with E-state index in [4.69, 9.17) is 0 Å². The summed E-state index contributed by atoms with van der Waals surface area (Å²) in [5.41, 5.74) is 0.670. The Kier molecular flexibility index (Phi) is 2.73. The maximum Gasteiger partial charge on any atom is 0.207 e. The van der Waals surface area contributed by atoms with Crippen molar-refractivity contribution in [2.45, 2.75) is 25.8 Å². The number of anilines is 2. The van der Waals surface area contributed by atoms with E-state index in [1.54, 1.807) is 0 Å². The Bertz CT molecular complexity index is 632. The molecule has 0 aliphatic heterocycles. The minimum absolute atomic E-state index is 0.119. The van der Waals surface area contributed by atoms with Crippen LogP contribution in [-0.4, -0.2) is 9.55 Å². The number of hydrogen-bond acceptors (Lipinski definition) is 2. The average Bonchev–Trinajstić information content (AvgIpc) is 3.11. The van der Waals surface area contributed by atoms with Gasteiger partial charge in [0, 0.05) is 24.4 Å². The Labute approximate surface area is 108 Å². The highest BCUT2D eigenvalue weighted by Gasteiger charge is 2.26. The quantitative estimate of drug-likeness (QED) is 0.859. The molecule has 1 N–H and O–H groups in total. The summed E-state index contributed by atoms with van der Waals surface area (Å²) in [5, 5.41) is 2.72. The second-order valence-electron chi connectivity index (χ2n) is 4.72. The Morgan fingerprint density at radius 1 is 1.16 bits per heavy atom. The summed E-state index contributed by atoms with van der Waals surface area (Å²) in [6.45, 7) is 1.83. The summed E-state index contributed by atoms with van der Waals surface area (Å²) >= 11 is 0. The lowest BCUT2D eigenvalue weighted by molar-refractivity contribution is 0.496. The second-order valence-corrected chi connectivity index (χ2v) is 4.72. The zero-order chi connectivity index (χ0) is 13.6. The van der Waals surface area contributed by atoms with Gasteiger partial charge in [0.1, 0.15) is 5.82 Å². The van der Waals surface area contributed by atoms with Crippen LogP contribution in [0.15, 0.2) is 18.3 Å². The first kappa shape index (κ1) is 12.1. The van der Waals surface area contributed by atoms with Crippen LogP contribution in [0, 0.1) is 24.4 Å². The van der Waals surface area contributed by atoms with Crippen LogP contribution in [-0.2, 0) is 0 Å². The van der Waals surface area contributed by atoms with Gasteiger partial charge in [0.05, 0.1) is 11.4 Å². The molecule has 0 radical (unpaired) electrons. The van der Waals surface area contributed by atoms with E-state index < -0.39 is 17.5 Å². The molecule has 0 saturated heterocycles. The van der Waals surface area contributed by atoms with Gasteiger partial charge in [0.2, 0.25) is 5.95 Å². The lowest BCUT2D eigenvalue weighted by Gasteiger charge is -2.09. The van der Waals surface area contributed by atoms with E-state index in [1.807, 2.05) is 17.7 Å². The standard InChI is InChI=1S/C13H12F3N3/c1-7-6-19(8-2-3-8)13(17-7)18-12-5-10(15)9(14)4-11(12)16/h4-6,8H,2-3H2,1H3,(H,17,18). The van der Waals surface area contributed by atoms with Gasteiger partial charge in [0.25, 0.3) is 0 Å². The van der Waals surface area contributed by atoms with Crippen LogP contribution in [0.5, 0.6) is 0 Å². The number of rotatable bonds is 3. The van der Waals surface area contributed by atoms with E-state index >= 15 is 0 Å². The Morgan fingerprint density at radius 3 is 2.53 bits per heavy atom. The summed E-state index contributed by atoms with van der Waals surface area (Å²) in [6.07, 6.45) is 3.95. The van der Waals surface area contributed by atoms with Crippen LogP contribution in [0.2, 0.25) is 0 Å². The normalized spacial score (nSPS) is 14.7. The molecular weight excluding hydrogens is 255 g/mol. The monoisotopic (exact) mass is 267 g/mol. The van der Waals surface area contributed by atoms with E-state index in [0.717, 1.165) is 24.6 Å². The van der Waals surface area contributed by atoms with Gasteiger partial charge in [-0.2, -0.15) is 0 Å². The van der Waals surface area contributed by atoms with Crippen LogP contribution >= 0.6 is 0 Å². The summed E-state index contributed by atoms with van der Waals surface area (Å²) in [4.78, 5) is 4.23. The van der Waals surface area contributed by atoms with Crippen molar-refractivity contribution in [3.8, 4) is 0 Å². The van der Waals surface area contributed by atoms with Crippen molar-refractivity contribution < 1.29 is 13.2 Å². The molecule has 1 aliphatic carbocycles. The molecule has 0 amide bonds. The summed E-state index contributed by atoms with van der Waals surface area (Å²) in [6, 6.07) is 1.68. The van der Waals surface area contributed by atoms with Gasteiger partial charge in [-0.1, -0.05) is 0 Å². The molecular formula is C13H12F3N3. The third kappa shape index (κ3) is 2.30. The molecule has 2 aromatic rings. The molecule has 100 valence electrons. The van der Waals surface area contributed by atoms with Crippen molar-refractivity contribution >= 4 is 11.6 Å². The lowest BCUT2D eigenvalue weighted by Crippen LogP contribution is -2.03. The fraction of sp³-hybridized carbons (Fsp3) is 0.308. The summed E-state index contributed by atoms with van der Waals surface area (Å²) < 4.78 is 41.5. The number of nitrogens with zero attached hydrogens (tertiary/aromatic N) is 2. The predicted octanol–water partition coefficient (Wildman–Crippen LogP) is 3.69. The molecule has 3 rings (SSSR count). The van der Waals surface area contributed by atoms with Crippen molar-refractivity contribution in [2.75, 3.05) is 5.32 Å². The van der Waals surface area contributed by atoms with Crippen molar-refractivity contribution in [3.05, 3.63) is 41.5 Å². The Morgan fingerprint density at radius 2 is 1.84 bits per heavy atom. The number of aromatic nitrogens is 2. The second kappa shape index (κ2) is 4.29. The number of nitrogens with one attached hydrogen (secondary N) is 1. The van der Waals surface area contributed by atoms with Gasteiger partial charge in [0.15, 0.2) is 11.6 Å². The number of hydrogen-bond donors (Lipinski definition) is 1. The molecule has 1 aliphatic rings. The summed E-state index contributed by atoms with van der Waals surface area (Å²) in [5.74, 6) is -2.69. The first-order valence-electron chi connectivity index (χ1n) is 6.01. The molecule has 0 unspecified atom stereocenters. The van der Waals surface area contributed by atoms with E-state index in [2.05, 4.69) is 10.3 Å². The third-order valence-corrected chi connectivity index (χ3v) is 3.05. The van der Waals surface area contributed by atoms with E-state index in [1.165, 1.54) is 0 Å². The Hall–Kier alpha value is -1.98. The highest BCUT2D eigenvalue weighted by Crippen LogP contribution is 2.38. The number of aryl methyl sites for hydroxylation is 1.